The van der Waals surface area contributed by atoms with Gasteiger partial charge in [0, 0.05) is 17.1 Å². The first kappa shape index (κ1) is 21.9. The molecular formula is C24H21ClN2O4S. The van der Waals surface area contributed by atoms with Gasteiger partial charge in [0.15, 0.2) is 0 Å². The van der Waals surface area contributed by atoms with E-state index >= 15 is 0 Å². The van der Waals surface area contributed by atoms with Gasteiger partial charge < -0.3 is 14.5 Å². The standard InChI is InChI=1S/C24H21ClN2O4S/c1-16-3-13-21(14-4-16)32(28,29)24-23(26-15-17-5-11-20(30-2)12-6-17)31-22(27-24)18-7-9-19(25)10-8-18/h3-14,26H,15H2,1-2H3. The molecule has 0 fully saturated rings. The molecule has 1 N–H and O–H groups in total. The molecule has 4 rings (SSSR count). The second kappa shape index (κ2) is 9.06. The number of benzene rings is 3. The van der Waals surface area contributed by atoms with Crippen molar-refractivity contribution in [2.24, 2.45) is 0 Å². The van der Waals surface area contributed by atoms with Crippen LogP contribution in [0.2, 0.25) is 5.02 Å². The van der Waals surface area contributed by atoms with Crippen molar-refractivity contribution in [1.29, 1.82) is 0 Å². The fraction of sp³-hybridized carbons (Fsp3) is 0.125. The van der Waals surface area contributed by atoms with E-state index in [2.05, 4.69) is 10.3 Å². The van der Waals surface area contributed by atoms with Crippen molar-refractivity contribution in [3.8, 4) is 17.2 Å². The number of aromatic nitrogens is 1. The topological polar surface area (TPSA) is 81.4 Å². The smallest absolute Gasteiger partial charge is 0.234 e. The second-order valence-electron chi connectivity index (χ2n) is 7.18. The molecule has 0 atom stereocenters. The molecule has 164 valence electrons. The van der Waals surface area contributed by atoms with Gasteiger partial charge in [-0.1, -0.05) is 41.4 Å². The summed E-state index contributed by atoms with van der Waals surface area (Å²) in [4.78, 5) is 4.49. The number of aryl methyl sites for hydroxylation is 1. The lowest BCUT2D eigenvalue weighted by molar-refractivity contribution is 0.414. The van der Waals surface area contributed by atoms with Crippen LogP contribution in [-0.2, 0) is 16.4 Å². The quantitative estimate of drug-likeness (QED) is 0.371. The van der Waals surface area contributed by atoms with Crippen molar-refractivity contribution in [2.45, 2.75) is 23.4 Å². The molecule has 0 saturated carbocycles. The molecule has 1 heterocycles. The summed E-state index contributed by atoms with van der Waals surface area (Å²) < 4.78 is 37.8. The third kappa shape index (κ3) is 4.64. The van der Waals surface area contributed by atoms with Crippen molar-refractivity contribution in [3.05, 3.63) is 88.9 Å². The number of nitrogens with zero attached hydrogens (tertiary/aromatic N) is 1. The van der Waals surface area contributed by atoms with Crippen LogP contribution in [0, 0.1) is 6.92 Å². The molecule has 3 aromatic carbocycles. The Morgan fingerprint density at radius 3 is 2.25 bits per heavy atom. The first-order valence-electron chi connectivity index (χ1n) is 9.82. The highest BCUT2D eigenvalue weighted by Crippen LogP contribution is 2.33. The summed E-state index contributed by atoms with van der Waals surface area (Å²) in [6.07, 6.45) is 0. The van der Waals surface area contributed by atoms with E-state index in [0.29, 0.717) is 17.1 Å². The molecule has 0 amide bonds. The van der Waals surface area contributed by atoms with Gasteiger partial charge in [-0.3, -0.25) is 0 Å². The molecule has 0 aliphatic heterocycles. The van der Waals surface area contributed by atoms with Crippen molar-refractivity contribution >= 4 is 27.3 Å². The summed E-state index contributed by atoms with van der Waals surface area (Å²) in [5.41, 5.74) is 2.50. The Balaban J connectivity index is 1.72. The van der Waals surface area contributed by atoms with E-state index < -0.39 is 9.84 Å². The molecular weight excluding hydrogens is 448 g/mol. The van der Waals surface area contributed by atoms with Gasteiger partial charge in [-0.15, -0.1) is 0 Å². The zero-order valence-corrected chi connectivity index (χ0v) is 19.1. The summed E-state index contributed by atoms with van der Waals surface area (Å²) in [5, 5.41) is 3.47. The first-order valence-corrected chi connectivity index (χ1v) is 11.7. The van der Waals surface area contributed by atoms with E-state index in [1.54, 1.807) is 55.6 Å². The summed E-state index contributed by atoms with van der Waals surface area (Å²) in [6, 6.07) is 20.9. The number of hydrogen-bond donors (Lipinski definition) is 1. The average Bonchev–Trinajstić information content (AvgIpc) is 3.24. The molecule has 0 aliphatic carbocycles. The van der Waals surface area contributed by atoms with E-state index in [1.165, 1.54) is 0 Å². The molecule has 1 aromatic heterocycles. The maximum atomic E-state index is 13.4. The number of ether oxygens (including phenoxy) is 1. The van der Waals surface area contributed by atoms with Crippen molar-refractivity contribution in [2.75, 3.05) is 12.4 Å². The Morgan fingerprint density at radius 2 is 1.62 bits per heavy atom. The molecule has 8 heteroatoms. The van der Waals surface area contributed by atoms with Crippen LogP contribution < -0.4 is 10.1 Å². The first-order chi connectivity index (χ1) is 15.4. The monoisotopic (exact) mass is 468 g/mol. The van der Waals surface area contributed by atoms with Gasteiger partial charge in [-0.05, 0) is 61.0 Å². The van der Waals surface area contributed by atoms with Crippen LogP contribution in [0.1, 0.15) is 11.1 Å². The Hall–Kier alpha value is -3.29. The van der Waals surface area contributed by atoms with E-state index in [1.807, 2.05) is 31.2 Å². The number of oxazole rings is 1. The zero-order valence-electron chi connectivity index (χ0n) is 17.5. The molecule has 32 heavy (non-hydrogen) atoms. The lowest BCUT2D eigenvalue weighted by Gasteiger charge is -2.07. The third-order valence-electron chi connectivity index (χ3n) is 4.89. The van der Waals surface area contributed by atoms with Crippen LogP contribution >= 0.6 is 11.6 Å². The average molecular weight is 469 g/mol. The molecule has 0 bridgehead atoms. The molecule has 4 aromatic rings. The van der Waals surface area contributed by atoms with Crippen LogP contribution in [0.3, 0.4) is 0 Å². The summed E-state index contributed by atoms with van der Waals surface area (Å²) in [6.45, 7) is 2.24. The van der Waals surface area contributed by atoms with Gasteiger partial charge in [-0.25, -0.2) is 8.42 Å². The van der Waals surface area contributed by atoms with Gasteiger partial charge >= 0.3 is 0 Å². The predicted molar refractivity (Wildman–Crippen MR) is 124 cm³/mol. The maximum Gasteiger partial charge on any atom is 0.234 e. The number of anilines is 1. The molecule has 0 unspecified atom stereocenters. The minimum absolute atomic E-state index is 0.0753. The highest BCUT2D eigenvalue weighted by atomic mass is 35.5. The summed E-state index contributed by atoms with van der Waals surface area (Å²) >= 11 is 5.97. The number of nitrogens with one attached hydrogen (secondary N) is 1. The summed E-state index contributed by atoms with van der Waals surface area (Å²) in [5.74, 6) is 0.997. The van der Waals surface area contributed by atoms with Crippen LogP contribution in [0.5, 0.6) is 5.75 Å². The normalized spacial score (nSPS) is 11.3. The SMILES string of the molecule is COc1ccc(CNc2oc(-c3ccc(Cl)cc3)nc2S(=O)(=O)c2ccc(C)cc2)cc1. The van der Waals surface area contributed by atoms with E-state index in [9.17, 15) is 8.42 Å². The van der Waals surface area contributed by atoms with E-state index in [0.717, 1.165) is 16.9 Å². The third-order valence-corrected chi connectivity index (χ3v) is 6.82. The van der Waals surface area contributed by atoms with Gasteiger partial charge in [0.25, 0.3) is 0 Å². The Morgan fingerprint density at radius 1 is 0.969 bits per heavy atom. The largest absolute Gasteiger partial charge is 0.497 e. The minimum atomic E-state index is -3.91. The van der Waals surface area contributed by atoms with Crippen molar-refractivity contribution in [3.63, 3.8) is 0 Å². The van der Waals surface area contributed by atoms with Crippen LogP contribution in [0.4, 0.5) is 5.88 Å². The van der Waals surface area contributed by atoms with E-state index in [-0.39, 0.29) is 21.7 Å². The maximum absolute atomic E-state index is 13.4. The lowest BCUT2D eigenvalue weighted by Crippen LogP contribution is -2.07. The van der Waals surface area contributed by atoms with Crippen molar-refractivity contribution in [1.82, 2.24) is 4.98 Å². The molecule has 0 saturated heterocycles. The van der Waals surface area contributed by atoms with Gasteiger partial charge in [0.2, 0.25) is 26.6 Å². The number of methoxy groups -OCH3 is 1. The van der Waals surface area contributed by atoms with E-state index in [4.69, 9.17) is 20.8 Å². The van der Waals surface area contributed by atoms with Gasteiger partial charge in [0.05, 0.1) is 12.0 Å². The minimum Gasteiger partial charge on any atom is -0.497 e. The molecule has 0 spiro atoms. The molecule has 6 nitrogen and oxygen atoms in total. The Labute approximate surface area is 191 Å². The molecule has 0 radical (unpaired) electrons. The second-order valence-corrected chi connectivity index (χ2v) is 9.48. The van der Waals surface area contributed by atoms with Crippen molar-refractivity contribution < 1.29 is 17.6 Å². The van der Waals surface area contributed by atoms with Gasteiger partial charge in [-0.2, -0.15) is 4.98 Å². The Kier molecular flexibility index (Phi) is 6.21. The van der Waals surface area contributed by atoms with Crippen LogP contribution in [-0.4, -0.2) is 20.5 Å². The number of hydrogen-bond acceptors (Lipinski definition) is 6. The summed E-state index contributed by atoms with van der Waals surface area (Å²) in [7, 11) is -2.31. The lowest BCUT2D eigenvalue weighted by atomic mass is 10.2. The zero-order chi connectivity index (χ0) is 22.7. The fourth-order valence-electron chi connectivity index (χ4n) is 3.07. The highest BCUT2D eigenvalue weighted by Gasteiger charge is 2.28. The number of halogens is 1. The van der Waals surface area contributed by atoms with Crippen LogP contribution in [0.15, 0.2) is 87.1 Å². The van der Waals surface area contributed by atoms with Gasteiger partial charge in [0.1, 0.15) is 5.75 Å². The van der Waals surface area contributed by atoms with Crippen LogP contribution in [0.25, 0.3) is 11.5 Å². The number of rotatable bonds is 7. The Bertz CT molecular complexity index is 1310. The number of sulfone groups is 1. The molecule has 0 aliphatic rings. The highest BCUT2D eigenvalue weighted by molar-refractivity contribution is 7.91. The fourth-order valence-corrected chi connectivity index (χ4v) is 4.48. The predicted octanol–water partition coefficient (Wildman–Crippen LogP) is 5.76.